The van der Waals surface area contributed by atoms with E-state index in [2.05, 4.69) is 10.6 Å². The molecule has 3 N–H and O–H groups in total. The third-order valence-electron chi connectivity index (χ3n) is 2.66. The van der Waals surface area contributed by atoms with Crippen LogP contribution in [-0.2, 0) is 9.59 Å². The molecule has 0 aromatic carbocycles. The summed E-state index contributed by atoms with van der Waals surface area (Å²) in [6.45, 7) is 9.03. The Bertz CT molecular complexity index is 356. The van der Waals surface area contributed by atoms with E-state index in [-0.39, 0.29) is 24.4 Å². The second kappa shape index (κ2) is 8.39. The average molecular weight is 287 g/mol. The van der Waals surface area contributed by atoms with Gasteiger partial charge in [0.25, 0.3) is 0 Å². The predicted octanol–water partition coefficient (Wildman–Crippen LogP) is 0.652. The molecule has 0 unspecified atom stereocenters. The SMILES string of the molecule is CCN(CC(=O)NC(C)C)C(=O)N[C@@H](C(=O)O)C(C)C. The smallest absolute Gasteiger partial charge is 0.326 e. The number of carbonyl (C=O) groups is 3. The molecule has 3 amide bonds. The van der Waals surface area contributed by atoms with Crippen molar-refractivity contribution in [2.45, 2.75) is 46.7 Å². The zero-order valence-corrected chi connectivity index (χ0v) is 12.8. The largest absolute Gasteiger partial charge is 0.480 e. The number of amides is 3. The second-order valence-corrected chi connectivity index (χ2v) is 5.25. The third-order valence-corrected chi connectivity index (χ3v) is 2.66. The normalized spacial score (nSPS) is 12.2. The molecule has 0 saturated carbocycles. The lowest BCUT2D eigenvalue weighted by Gasteiger charge is -2.25. The first-order chi connectivity index (χ1) is 9.18. The Kier molecular flexibility index (Phi) is 7.64. The summed E-state index contributed by atoms with van der Waals surface area (Å²) >= 11 is 0. The Morgan fingerprint density at radius 2 is 1.65 bits per heavy atom. The average Bonchev–Trinajstić information content (AvgIpc) is 2.30. The quantitative estimate of drug-likeness (QED) is 0.640. The number of rotatable bonds is 7. The van der Waals surface area contributed by atoms with Gasteiger partial charge in [0.1, 0.15) is 12.6 Å². The van der Waals surface area contributed by atoms with Crippen LogP contribution in [0, 0.1) is 5.92 Å². The van der Waals surface area contributed by atoms with Crippen molar-refractivity contribution in [2.75, 3.05) is 13.1 Å². The molecule has 0 saturated heterocycles. The van der Waals surface area contributed by atoms with Gasteiger partial charge in [-0.3, -0.25) is 4.79 Å². The molecule has 0 heterocycles. The maximum absolute atomic E-state index is 12.0. The molecule has 7 nitrogen and oxygen atoms in total. The molecule has 0 spiro atoms. The summed E-state index contributed by atoms with van der Waals surface area (Å²) < 4.78 is 0. The Labute approximate surface area is 119 Å². The summed E-state index contributed by atoms with van der Waals surface area (Å²) in [5, 5.41) is 14.2. The highest BCUT2D eigenvalue weighted by Gasteiger charge is 2.26. The molecule has 116 valence electrons. The van der Waals surface area contributed by atoms with Gasteiger partial charge in [-0.05, 0) is 26.7 Å². The standard InChI is InChI=1S/C13H25N3O4/c1-6-16(7-10(17)14-9(4)5)13(20)15-11(8(2)3)12(18)19/h8-9,11H,6-7H2,1-5H3,(H,14,17)(H,15,20)(H,18,19)/t11-/m1/s1. The van der Waals surface area contributed by atoms with Crippen molar-refractivity contribution in [3.05, 3.63) is 0 Å². The van der Waals surface area contributed by atoms with E-state index in [1.807, 2.05) is 13.8 Å². The minimum absolute atomic E-state index is 0.00769. The van der Waals surface area contributed by atoms with E-state index < -0.39 is 18.0 Å². The Morgan fingerprint density at radius 1 is 1.10 bits per heavy atom. The van der Waals surface area contributed by atoms with Gasteiger partial charge >= 0.3 is 12.0 Å². The van der Waals surface area contributed by atoms with Crippen LogP contribution in [0.1, 0.15) is 34.6 Å². The lowest BCUT2D eigenvalue weighted by molar-refractivity contribution is -0.140. The molecule has 0 bridgehead atoms. The number of nitrogens with zero attached hydrogens (tertiary/aromatic N) is 1. The highest BCUT2D eigenvalue weighted by molar-refractivity contribution is 5.86. The Balaban J connectivity index is 4.61. The Morgan fingerprint density at radius 3 is 2.00 bits per heavy atom. The van der Waals surface area contributed by atoms with Crippen molar-refractivity contribution in [3.8, 4) is 0 Å². The molecule has 0 fully saturated rings. The predicted molar refractivity (Wildman–Crippen MR) is 75.3 cm³/mol. The van der Waals surface area contributed by atoms with Crippen LogP contribution in [0.25, 0.3) is 0 Å². The highest BCUT2D eigenvalue weighted by atomic mass is 16.4. The van der Waals surface area contributed by atoms with E-state index in [1.165, 1.54) is 4.90 Å². The zero-order chi connectivity index (χ0) is 15.9. The first-order valence-corrected chi connectivity index (χ1v) is 6.76. The lowest BCUT2D eigenvalue weighted by atomic mass is 10.1. The van der Waals surface area contributed by atoms with Crippen LogP contribution >= 0.6 is 0 Å². The van der Waals surface area contributed by atoms with Crippen LogP contribution in [0.15, 0.2) is 0 Å². The summed E-state index contributed by atoms with van der Waals surface area (Å²) in [6, 6.07) is -1.52. The maximum atomic E-state index is 12.0. The van der Waals surface area contributed by atoms with E-state index in [4.69, 9.17) is 5.11 Å². The summed E-state index contributed by atoms with van der Waals surface area (Å²) in [5.41, 5.74) is 0. The van der Waals surface area contributed by atoms with Gasteiger partial charge in [-0.2, -0.15) is 0 Å². The van der Waals surface area contributed by atoms with E-state index in [9.17, 15) is 14.4 Å². The van der Waals surface area contributed by atoms with Gasteiger partial charge in [-0.1, -0.05) is 13.8 Å². The lowest BCUT2D eigenvalue weighted by Crippen LogP contribution is -2.52. The van der Waals surface area contributed by atoms with E-state index in [1.54, 1.807) is 20.8 Å². The summed E-state index contributed by atoms with van der Waals surface area (Å²) in [6.07, 6.45) is 0. The van der Waals surface area contributed by atoms with Crippen LogP contribution in [0.5, 0.6) is 0 Å². The van der Waals surface area contributed by atoms with Crippen molar-refractivity contribution < 1.29 is 19.5 Å². The summed E-state index contributed by atoms with van der Waals surface area (Å²) in [7, 11) is 0. The van der Waals surface area contributed by atoms with E-state index >= 15 is 0 Å². The number of carbonyl (C=O) groups excluding carboxylic acids is 2. The van der Waals surface area contributed by atoms with Gasteiger partial charge in [0.2, 0.25) is 5.91 Å². The number of aliphatic carboxylic acids is 1. The number of hydrogen-bond acceptors (Lipinski definition) is 3. The van der Waals surface area contributed by atoms with E-state index in [0.29, 0.717) is 6.54 Å². The molecular formula is C13H25N3O4. The van der Waals surface area contributed by atoms with Crippen molar-refractivity contribution in [1.29, 1.82) is 0 Å². The molecule has 0 aromatic heterocycles. The number of urea groups is 1. The van der Waals surface area contributed by atoms with Crippen LogP contribution < -0.4 is 10.6 Å². The molecule has 0 aliphatic heterocycles. The highest BCUT2D eigenvalue weighted by Crippen LogP contribution is 2.03. The Hall–Kier alpha value is -1.79. The molecule has 20 heavy (non-hydrogen) atoms. The van der Waals surface area contributed by atoms with Crippen LogP contribution in [0.2, 0.25) is 0 Å². The van der Waals surface area contributed by atoms with Gasteiger partial charge in [0.15, 0.2) is 0 Å². The monoisotopic (exact) mass is 287 g/mol. The summed E-state index contributed by atoms with van der Waals surface area (Å²) in [5.74, 6) is -1.59. The maximum Gasteiger partial charge on any atom is 0.326 e. The van der Waals surface area contributed by atoms with Crippen LogP contribution in [0.4, 0.5) is 4.79 Å². The zero-order valence-electron chi connectivity index (χ0n) is 12.8. The molecule has 1 atom stereocenters. The van der Waals surface area contributed by atoms with Crippen molar-refractivity contribution in [3.63, 3.8) is 0 Å². The number of nitrogens with one attached hydrogen (secondary N) is 2. The first-order valence-electron chi connectivity index (χ1n) is 6.76. The van der Waals surface area contributed by atoms with Crippen LogP contribution in [-0.4, -0.2) is 53.1 Å². The molecule has 0 aliphatic carbocycles. The molecular weight excluding hydrogens is 262 g/mol. The van der Waals surface area contributed by atoms with Gasteiger partial charge in [-0.25, -0.2) is 9.59 Å². The fourth-order valence-electron chi connectivity index (χ4n) is 1.61. The topological polar surface area (TPSA) is 98.7 Å². The first kappa shape index (κ1) is 18.2. The number of hydrogen-bond donors (Lipinski definition) is 3. The fraction of sp³-hybridized carbons (Fsp3) is 0.769. The minimum atomic E-state index is -1.09. The fourth-order valence-corrected chi connectivity index (χ4v) is 1.61. The second-order valence-electron chi connectivity index (χ2n) is 5.25. The molecule has 0 aliphatic rings. The minimum Gasteiger partial charge on any atom is -0.480 e. The van der Waals surface area contributed by atoms with E-state index in [0.717, 1.165) is 0 Å². The molecule has 7 heteroatoms. The number of carboxylic acid groups (broad SMARTS) is 1. The van der Waals surface area contributed by atoms with Gasteiger partial charge in [0.05, 0.1) is 0 Å². The van der Waals surface area contributed by atoms with Crippen molar-refractivity contribution in [2.24, 2.45) is 5.92 Å². The molecule has 0 rings (SSSR count). The van der Waals surface area contributed by atoms with Gasteiger partial charge in [-0.15, -0.1) is 0 Å². The third kappa shape index (κ3) is 6.40. The van der Waals surface area contributed by atoms with Crippen LogP contribution in [0.3, 0.4) is 0 Å². The molecule has 0 aromatic rings. The number of carboxylic acids is 1. The van der Waals surface area contributed by atoms with Crippen molar-refractivity contribution >= 4 is 17.9 Å². The summed E-state index contributed by atoms with van der Waals surface area (Å²) in [4.78, 5) is 35.9. The van der Waals surface area contributed by atoms with Gasteiger partial charge < -0.3 is 20.6 Å². The number of likely N-dealkylation sites (N-methyl/N-ethyl adjacent to an activating group) is 1. The van der Waals surface area contributed by atoms with Gasteiger partial charge in [0, 0.05) is 12.6 Å². The van der Waals surface area contributed by atoms with Crippen molar-refractivity contribution in [1.82, 2.24) is 15.5 Å². The molecule has 0 radical (unpaired) electrons.